The van der Waals surface area contributed by atoms with E-state index in [2.05, 4.69) is 0 Å². The predicted molar refractivity (Wildman–Crippen MR) is 78.3 cm³/mol. The lowest BCUT2D eigenvalue weighted by Crippen LogP contribution is -2.39. The number of nitrogens with zero attached hydrogens (tertiary/aromatic N) is 1. The fourth-order valence-electron chi connectivity index (χ4n) is 2.67. The number of piperidine rings is 1. The summed E-state index contributed by atoms with van der Waals surface area (Å²) in [7, 11) is 0. The maximum absolute atomic E-state index is 11.7. The number of carbonyl (C=O) groups is 2. The summed E-state index contributed by atoms with van der Waals surface area (Å²) in [5.41, 5.74) is 0.562. The quantitative estimate of drug-likeness (QED) is 0.669. The monoisotopic (exact) mass is 291 g/mol. The Morgan fingerprint density at radius 1 is 1.29 bits per heavy atom. The number of benzene rings is 1. The fraction of sp³-hybridized carbons (Fsp3) is 0.500. The van der Waals surface area contributed by atoms with Gasteiger partial charge in [-0.1, -0.05) is 18.2 Å². The lowest BCUT2D eigenvalue weighted by molar-refractivity contribution is 0.0488. The van der Waals surface area contributed by atoms with E-state index in [0.29, 0.717) is 31.2 Å². The van der Waals surface area contributed by atoms with Gasteiger partial charge in [0, 0.05) is 13.1 Å². The molecule has 5 heteroatoms. The average Bonchev–Trinajstić information content (AvgIpc) is 2.52. The van der Waals surface area contributed by atoms with Gasteiger partial charge in [-0.25, -0.2) is 9.59 Å². The zero-order valence-electron chi connectivity index (χ0n) is 12.0. The summed E-state index contributed by atoms with van der Waals surface area (Å²) in [5.74, 6) is 0.0803. The van der Waals surface area contributed by atoms with Gasteiger partial charge in [0.05, 0.1) is 12.2 Å². The Labute approximate surface area is 124 Å². The molecule has 1 aliphatic heterocycles. The highest BCUT2D eigenvalue weighted by Crippen LogP contribution is 2.21. The third-order valence-electron chi connectivity index (χ3n) is 3.79. The number of carboxylic acid groups (broad SMARTS) is 1. The number of hydrogen-bond acceptors (Lipinski definition) is 3. The topological polar surface area (TPSA) is 66.8 Å². The molecule has 1 aromatic carbocycles. The zero-order valence-corrected chi connectivity index (χ0v) is 12.0. The molecule has 1 aromatic rings. The van der Waals surface area contributed by atoms with Crippen molar-refractivity contribution in [2.24, 2.45) is 5.92 Å². The molecule has 0 bridgehead atoms. The van der Waals surface area contributed by atoms with E-state index in [1.165, 1.54) is 4.90 Å². The van der Waals surface area contributed by atoms with Gasteiger partial charge >= 0.3 is 12.1 Å². The first-order valence-electron chi connectivity index (χ1n) is 7.37. The third-order valence-corrected chi connectivity index (χ3v) is 3.79. The first-order chi connectivity index (χ1) is 10.2. The minimum atomic E-state index is -0.838. The van der Waals surface area contributed by atoms with Gasteiger partial charge in [-0.3, -0.25) is 0 Å². The molecule has 1 saturated heterocycles. The zero-order chi connectivity index (χ0) is 15.1. The van der Waals surface area contributed by atoms with Crippen LogP contribution in [0.2, 0.25) is 0 Å². The lowest BCUT2D eigenvalue weighted by Gasteiger charge is -2.30. The molecule has 0 spiro atoms. The molecule has 1 aliphatic rings. The van der Waals surface area contributed by atoms with Crippen LogP contribution in [0.5, 0.6) is 0 Å². The second kappa shape index (κ2) is 7.67. The van der Waals surface area contributed by atoms with E-state index in [1.54, 1.807) is 24.3 Å². The highest BCUT2D eigenvalue weighted by molar-refractivity contribution is 5.89. The fourth-order valence-corrected chi connectivity index (χ4v) is 2.67. The molecule has 114 valence electrons. The second-order valence-corrected chi connectivity index (χ2v) is 5.38. The Hall–Kier alpha value is -2.04. The SMILES string of the molecule is O=C(OCCC[C@@H]1CCCN(C(=O)O)C1)c1ccccc1. The van der Waals surface area contributed by atoms with Crippen LogP contribution >= 0.6 is 0 Å². The number of hydrogen-bond donors (Lipinski definition) is 1. The molecule has 0 radical (unpaired) electrons. The molecule has 2 rings (SSSR count). The highest BCUT2D eigenvalue weighted by Gasteiger charge is 2.22. The minimum Gasteiger partial charge on any atom is -0.465 e. The molecule has 1 atom stereocenters. The van der Waals surface area contributed by atoms with Crippen LogP contribution in [0.25, 0.3) is 0 Å². The number of carbonyl (C=O) groups excluding carboxylic acids is 1. The molecule has 1 heterocycles. The van der Waals surface area contributed by atoms with Crippen molar-refractivity contribution in [1.29, 1.82) is 0 Å². The Morgan fingerprint density at radius 3 is 2.76 bits per heavy atom. The van der Waals surface area contributed by atoms with Crippen LogP contribution in [-0.4, -0.2) is 41.8 Å². The van der Waals surface area contributed by atoms with Crippen LogP contribution in [0.15, 0.2) is 30.3 Å². The molecule has 0 aliphatic carbocycles. The molecular weight excluding hydrogens is 270 g/mol. The van der Waals surface area contributed by atoms with Crippen molar-refractivity contribution >= 4 is 12.1 Å². The minimum absolute atomic E-state index is 0.300. The third kappa shape index (κ3) is 4.77. The standard InChI is InChI=1S/C16H21NO4/c18-15(14-8-2-1-3-9-14)21-11-5-7-13-6-4-10-17(12-13)16(19)20/h1-3,8-9,13H,4-7,10-12H2,(H,19,20)/t13-/m0/s1. The van der Waals surface area contributed by atoms with Gasteiger partial charge in [0.2, 0.25) is 0 Å². The van der Waals surface area contributed by atoms with Crippen molar-refractivity contribution in [2.45, 2.75) is 25.7 Å². The summed E-state index contributed by atoms with van der Waals surface area (Å²) >= 11 is 0. The van der Waals surface area contributed by atoms with Crippen LogP contribution in [0.3, 0.4) is 0 Å². The molecule has 0 unspecified atom stereocenters. The van der Waals surface area contributed by atoms with Crippen molar-refractivity contribution < 1.29 is 19.4 Å². The van der Waals surface area contributed by atoms with Crippen molar-refractivity contribution in [3.63, 3.8) is 0 Å². The van der Waals surface area contributed by atoms with Crippen LogP contribution in [0, 0.1) is 5.92 Å². The predicted octanol–water partition coefficient (Wildman–Crippen LogP) is 3.01. The largest absolute Gasteiger partial charge is 0.465 e. The molecule has 0 saturated carbocycles. The van der Waals surface area contributed by atoms with Crippen molar-refractivity contribution in [3.05, 3.63) is 35.9 Å². The van der Waals surface area contributed by atoms with E-state index in [4.69, 9.17) is 9.84 Å². The van der Waals surface area contributed by atoms with Gasteiger partial charge in [-0.05, 0) is 43.7 Å². The van der Waals surface area contributed by atoms with E-state index in [9.17, 15) is 9.59 Å². The summed E-state index contributed by atoms with van der Waals surface area (Å²) in [5, 5.41) is 8.98. The Morgan fingerprint density at radius 2 is 2.05 bits per heavy atom. The number of rotatable bonds is 5. The van der Waals surface area contributed by atoms with E-state index in [0.717, 1.165) is 25.7 Å². The van der Waals surface area contributed by atoms with E-state index in [1.807, 2.05) is 6.07 Å². The molecule has 5 nitrogen and oxygen atoms in total. The van der Waals surface area contributed by atoms with Gasteiger partial charge in [-0.2, -0.15) is 0 Å². The van der Waals surface area contributed by atoms with Gasteiger partial charge in [0.15, 0.2) is 0 Å². The van der Waals surface area contributed by atoms with Crippen molar-refractivity contribution in [1.82, 2.24) is 4.90 Å². The molecular formula is C16H21NO4. The van der Waals surface area contributed by atoms with Crippen LogP contribution in [-0.2, 0) is 4.74 Å². The lowest BCUT2D eigenvalue weighted by atomic mass is 9.94. The average molecular weight is 291 g/mol. The maximum Gasteiger partial charge on any atom is 0.407 e. The number of amides is 1. The van der Waals surface area contributed by atoms with Crippen LogP contribution < -0.4 is 0 Å². The van der Waals surface area contributed by atoms with Crippen LogP contribution in [0.1, 0.15) is 36.0 Å². The summed E-state index contributed by atoms with van der Waals surface area (Å²) in [6.07, 6.45) is 2.80. The Kier molecular flexibility index (Phi) is 5.60. The van der Waals surface area contributed by atoms with E-state index in [-0.39, 0.29) is 5.97 Å². The number of ether oxygens (including phenoxy) is 1. The Balaban J connectivity index is 1.66. The first-order valence-corrected chi connectivity index (χ1v) is 7.37. The second-order valence-electron chi connectivity index (χ2n) is 5.38. The van der Waals surface area contributed by atoms with E-state index < -0.39 is 6.09 Å². The highest BCUT2D eigenvalue weighted by atomic mass is 16.5. The molecule has 0 aromatic heterocycles. The van der Waals surface area contributed by atoms with Crippen LogP contribution in [0.4, 0.5) is 4.79 Å². The van der Waals surface area contributed by atoms with Crippen molar-refractivity contribution in [2.75, 3.05) is 19.7 Å². The smallest absolute Gasteiger partial charge is 0.407 e. The summed E-state index contributed by atoms with van der Waals surface area (Å²) in [4.78, 5) is 24.1. The Bertz CT molecular complexity index is 474. The van der Waals surface area contributed by atoms with Gasteiger partial charge in [0.1, 0.15) is 0 Å². The summed E-state index contributed by atoms with van der Waals surface area (Å²) in [6.45, 7) is 1.62. The molecule has 21 heavy (non-hydrogen) atoms. The van der Waals surface area contributed by atoms with Gasteiger partial charge in [0.25, 0.3) is 0 Å². The molecule has 1 fully saturated rings. The number of esters is 1. The normalized spacial score (nSPS) is 18.3. The maximum atomic E-state index is 11.7. The summed E-state index contributed by atoms with van der Waals surface area (Å²) in [6, 6.07) is 8.93. The molecule has 1 amide bonds. The number of likely N-dealkylation sites (tertiary alicyclic amines) is 1. The molecule has 1 N–H and O–H groups in total. The summed E-state index contributed by atoms with van der Waals surface area (Å²) < 4.78 is 5.22. The van der Waals surface area contributed by atoms with E-state index >= 15 is 0 Å². The van der Waals surface area contributed by atoms with Crippen molar-refractivity contribution in [3.8, 4) is 0 Å². The first kappa shape index (κ1) is 15.4. The van der Waals surface area contributed by atoms with Gasteiger partial charge in [-0.15, -0.1) is 0 Å². The van der Waals surface area contributed by atoms with Gasteiger partial charge < -0.3 is 14.7 Å².